The fourth-order valence-electron chi connectivity index (χ4n) is 1.35. The molecule has 0 saturated carbocycles. The number of likely N-dealkylation sites (N-methyl/N-ethyl adjacent to an activating group) is 1. The molecule has 0 aromatic heterocycles. The van der Waals surface area contributed by atoms with Gasteiger partial charge in [-0.25, -0.2) is 0 Å². The summed E-state index contributed by atoms with van der Waals surface area (Å²) in [4.78, 5) is 11.9. The van der Waals surface area contributed by atoms with E-state index in [1.807, 2.05) is 0 Å². The lowest BCUT2D eigenvalue weighted by atomic mass is 10.2. The lowest BCUT2D eigenvalue weighted by Gasteiger charge is -2.35. The summed E-state index contributed by atoms with van der Waals surface area (Å²) in [5.74, 6) is -0.345. The summed E-state index contributed by atoms with van der Waals surface area (Å²) < 4.78 is 36.9. The fraction of sp³-hybridized carbons (Fsp3) is 0.857. The molecule has 1 saturated heterocycles. The molecule has 0 aliphatic carbocycles. The molecule has 1 aliphatic heterocycles. The summed E-state index contributed by atoms with van der Waals surface area (Å²) in [6.45, 7) is 1.34. The van der Waals surface area contributed by atoms with E-state index in [1.54, 1.807) is 6.92 Å². The van der Waals surface area contributed by atoms with Crippen LogP contribution in [0.5, 0.6) is 0 Å². The van der Waals surface area contributed by atoms with Gasteiger partial charge in [0.25, 0.3) is 0 Å². The van der Waals surface area contributed by atoms with Gasteiger partial charge in [-0.2, -0.15) is 13.2 Å². The van der Waals surface area contributed by atoms with Crippen LogP contribution < -0.4 is 5.32 Å². The van der Waals surface area contributed by atoms with Gasteiger partial charge in [0, 0.05) is 6.54 Å². The SMILES string of the molecule is CCN1CC(=O)NCC1C(F)(F)F. The highest BCUT2D eigenvalue weighted by Crippen LogP contribution is 2.25. The van der Waals surface area contributed by atoms with Crippen molar-refractivity contribution in [3.63, 3.8) is 0 Å². The molecule has 0 radical (unpaired) electrons. The van der Waals surface area contributed by atoms with Crippen molar-refractivity contribution in [2.45, 2.75) is 19.1 Å². The quantitative estimate of drug-likeness (QED) is 0.657. The van der Waals surface area contributed by atoms with Crippen LogP contribution in [0.25, 0.3) is 0 Å². The minimum Gasteiger partial charge on any atom is -0.353 e. The van der Waals surface area contributed by atoms with Gasteiger partial charge in [-0.1, -0.05) is 6.92 Å². The Morgan fingerprint density at radius 3 is 2.69 bits per heavy atom. The van der Waals surface area contributed by atoms with Gasteiger partial charge in [-0.05, 0) is 6.54 Å². The summed E-state index contributed by atoms with van der Waals surface area (Å²) in [6, 6.07) is -1.53. The van der Waals surface area contributed by atoms with E-state index in [4.69, 9.17) is 0 Å². The molecular formula is C7H11F3N2O. The normalized spacial score (nSPS) is 25.8. The van der Waals surface area contributed by atoms with E-state index in [0.717, 1.165) is 4.90 Å². The van der Waals surface area contributed by atoms with Crippen LogP contribution in [0.15, 0.2) is 0 Å². The maximum absolute atomic E-state index is 12.3. The highest BCUT2D eigenvalue weighted by Gasteiger charge is 2.45. The first-order valence-electron chi connectivity index (χ1n) is 4.02. The van der Waals surface area contributed by atoms with Gasteiger partial charge in [0.2, 0.25) is 5.91 Å². The molecule has 3 nitrogen and oxygen atoms in total. The van der Waals surface area contributed by atoms with E-state index in [1.165, 1.54) is 0 Å². The summed E-state index contributed by atoms with van der Waals surface area (Å²) in [6.07, 6.45) is -4.26. The Hall–Kier alpha value is -0.780. The lowest BCUT2D eigenvalue weighted by Crippen LogP contribution is -2.59. The highest BCUT2D eigenvalue weighted by atomic mass is 19.4. The molecular weight excluding hydrogens is 185 g/mol. The van der Waals surface area contributed by atoms with Crippen molar-refractivity contribution in [3.8, 4) is 0 Å². The molecule has 0 aromatic rings. The fourth-order valence-corrected chi connectivity index (χ4v) is 1.35. The average molecular weight is 196 g/mol. The second-order valence-corrected chi connectivity index (χ2v) is 2.92. The predicted octanol–water partition coefficient (Wildman–Crippen LogP) is 0.369. The van der Waals surface area contributed by atoms with Crippen molar-refractivity contribution in [1.29, 1.82) is 0 Å². The Balaban J connectivity index is 2.68. The maximum Gasteiger partial charge on any atom is 0.405 e. The maximum atomic E-state index is 12.3. The van der Waals surface area contributed by atoms with E-state index in [2.05, 4.69) is 5.32 Å². The molecule has 1 aliphatic rings. The largest absolute Gasteiger partial charge is 0.405 e. The Morgan fingerprint density at radius 1 is 1.62 bits per heavy atom. The van der Waals surface area contributed by atoms with Crippen molar-refractivity contribution in [2.75, 3.05) is 19.6 Å². The van der Waals surface area contributed by atoms with Crippen LogP contribution in [0.4, 0.5) is 13.2 Å². The molecule has 0 spiro atoms. The van der Waals surface area contributed by atoms with Crippen molar-refractivity contribution in [2.24, 2.45) is 0 Å². The first-order valence-corrected chi connectivity index (χ1v) is 4.02. The predicted molar refractivity (Wildman–Crippen MR) is 40.1 cm³/mol. The van der Waals surface area contributed by atoms with Crippen LogP contribution in [-0.4, -0.2) is 42.7 Å². The van der Waals surface area contributed by atoms with E-state index in [-0.39, 0.29) is 25.5 Å². The average Bonchev–Trinajstić information content (AvgIpc) is 2.01. The zero-order valence-electron chi connectivity index (χ0n) is 7.19. The van der Waals surface area contributed by atoms with Crippen LogP contribution in [0.3, 0.4) is 0 Å². The number of carbonyl (C=O) groups is 1. The van der Waals surface area contributed by atoms with Gasteiger partial charge in [-0.15, -0.1) is 0 Å². The minimum atomic E-state index is -4.26. The van der Waals surface area contributed by atoms with Gasteiger partial charge in [0.05, 0.1) is 6.54 Å². The van der Waals surface area contributed by atoms with E-state index < -0.39 is 12.2 Å². The topological polar surface area (TPSA) is 32.3 Å². The van der Waals surface area contributed by atoms with Crippen LogP contribution >= 0.6 is 0 Å². The van der Waals surface area contributed by atoms with Gasteiger partial charge < -0.3 is 5.32 Å². The summed E-state index contributed by atoms with van der Waals surface area (Å²) in [5, 5.41) is 2.20. The van der Waals surface area contributed by atoms with Crippen molar-refractivity contribution in [1.82, 2.24) is 10.2 Å². The molecule has 0 bridgehead atoms. The molecule has 1 atom stereocenters. The number of nitrogens with zero attached hydrogens (tertiary/aromatic N) is 1. The number of carbonyl (C=O) groups excluding carboxylic acids is 1. The number of alkyl halides is 3. The van der Waals surface area contributed by atoms with E-state index >= 15 is 0 Å². The molecule has 1 fully saturated rings. The molecule has 1 amide bonds. The van der Waals surface area contributed by atoms with Crippen LogP contribution in [0, 0.1) is 0 Å². The van der Waals surface area contributed by atoms with Gasteiger partial charge in [0.15, 0.2) is 0 Å². The number of nitrogens with one attached hydrogen (secondary N) is 1. The molecule has 1 rings (SSSR count). The number of amides is 1. The van der Waals surface area contributed by atoms with Crippen molar-refractivity contribution in [3.05, 3.63) is 0 Å². The first kappa shape index (κ1) is 10.3. The molecule has 13 heavy (non-hydrogen) atoms. The molecule has 1 N–H and O–H groups in total. The summed E-state index contributed by atoms with van der Waals surface area (Å²) in [5.41, 5.74) is 0. The number of piperazine rings is 1. The standard InChI is InChI=1S/C7H11F3N2O/c1-2-12-4-6(13)11-3-5(12)7(8,9)10/h5H,2-4H2,1H3,(H,11,13). The lowest BCUT2D eigenvalue weighted by molar-refractivity contribution is -0.188. The Morgan fingerprint density at radius 2 is 2.23 bits per heavy atom. The van der Waals surface area contributed by atoms with Gasteiger partial charge in [0.1, 0.15) is 6.04 Å². The number of halogens is 3. The zero-order valence-corrected chi connectivity index (χ0v) is 7.19. The minimum absolute atomic E-state index is 0.166. The number of hydrogen-bond donors (Lipinski definition) is 1. The van der Waals surface area contributed by atoms with Crippen molar-refractivity contribution < 1.29 is 18.0 Å². The third kappa shape index (κ3) is 2.33. The van der Waals surface area contributed by atoms with Crippen LogP contribution in [0.2, 0.25) is 0 Å². The zero-order chi connectivity index (χ0) is 10.1. The van der Waals surface area contributed by atoms with E-state index in [0.29, 0.717) is 0 Å². The summed E-state index contributed by atoms with van der Waals surface area (Å²) >= 11 is 0. The van der Waals surface area contributed by atoms with Gasteiger partial charge in [-0.3, -0.25) is 9.69 Å². The number of rotatable bonds is 1. The Bertz CT molecular complexity index is 204. The highest BCUT2D eigenvalue weighted by molar-refractivity contribution is 5.78. The Labute approximate surface area is 73.9 Å². The van der Waals surface area contributed by atoms with Gasteiger partial charge >= 0.3 is 6.18 Å². The Kier molecular flexibility index (Phi) is 2.80. The van der Waals surface area contributed by atoms with Crippen LogP contribution in [-0.2, 0) is 4.79 Å². The van der Waals surface area contributed by atoms with E-state index in [9.17, 15) is 18.0 Å². The number of hydrogen-bond acceptors (Lipinski definition) is 2. The van der Waals surface area contributed by atoms with Crippen LogP contribution in [0.1, 0.15) is 6.92 Å². The molecule has 76 valence electrons. The second-order valence-electron chi connectivity index (χ2n) is 2.92. The monoisotopic (exact) mass is 196 g/mol. The second kappa shape index (κ2) is 3.53. The smallest absolute Gasteiger partial charge is 0.353 e. The first-order chi connectivity index (χ1) is 5.95. The third-order valence-electron chi connectivity index (χ3n) is 2.06. The molecule has 6 heteroatoms. The summed E-state index contributed by atoms with van der Waals surface area (Å²) in [7, 11) is 0. The molecule has 1 heterocycles. The van der Waals surface area contributed by atoms with Crippen molar-refractivity contribution >= 4 is 5.91 Å². The third-order valence-corrected chi connectivity index (χ3v) is 2.06. The molecule has 0 aromatic carbocycles. The molecule has 1 unspecified atom stereocenters.